The third-order valence-electron chi connectivity index (χ3n) is 2.93. The van der Waals surface area contributed by atoms with E-state index < -0.39 is 0 Å². The van der Waals surface area contributed by atoms with Gasteiger partial charge in [-0.15, -0.1) is 0 Å². The zero-order valence-electron chi connectivity index (χ0n) is 12.9. The Kier molecular flexibility index (Phi) is 4.02. The molecule has 0 saturated carbocycles. The molecule has 0 aliphatic carbocycles. The Morgan fingerprint density at radius 1 is 1.10 bits per heavy atom. The normalized spacial score (nSPS) is 11.4. The Bertz CT molecular complexity index is 600. The first-order valence-corrected chi connectivity index (χ1v) is 6.95. The van der Waals surface area contributed by atoms with Gasteiger partial charge in [0.05, 0.1) is 5.69 Å². The smallest absolute Gasteiger partial charge is 0.136 e. The molecular weight excluding hydrogens is 248 g/mol. The fraction of sp³-hybridized carbons (Fsp3) is 0.438. The van der Waals surface area contributed by atoms with Crippen LogP contribution in [0, 0.1) is 6.92 Å². The molecule has 106 valence electrons. The molecule has 2 aromatic rings. The van der Waals surface area contributed by atoms with Crippen LogP contribution in [0.3, 0.4) is 0 Å². The van der Waals surface area contributed by atoms with Crippen LogP contribution in [0.4, 0.5) is 5.82 Å². The highest BCUT2D eigenvalue weighted by atomic mass is 15.0. The van der Waals surface area contributed by atoms with E-state index in [1.165, 1.54) is 0 Å². The van der Waals surface area contributed by atoms with Crippen molar-refractivity contribution in [2.75, 3.05) is 11.9 Å². The van der Waals surface area contributed by atoms with Crippen LogP contribution >= 0.6 is 0 Å². The summed E-state index contributed by atoms with van der Waals surface area (Å²) in [6.07, 6.45) is 3.69. The Labute approximate surface area is 120 Å². The predicted octanol–water partition coefficient (Wildman–Crippen LogP) is 3.58. The van der Waals surface area contributed by atoms with Gasteiger partial charge in [-0.25, -0.2) is 9.97 Å². The summed E-state index contributed by atoms with van der Waals surface area (Å²) in [5, 5.41) is 3.27. The van der Waals surface area contributed by atoms with Crippen molar-refractivity contribution in [3.8, 4) is 11.3 Å². The maximum atomic E-state index is 4.71. The first-order chi connectivity index (χ1) is 9.40. The molecule has 2 rings (SSSR count). The van der Waals surface area contributed by atoms with Crippen LogP contribution in [0.25, 0.3) is 11.3 Å². The first kappa shape index (κ1) is 14.4. The van der Waals surface area contributed by atoms with Gasteiger partial charge in [0.25, 0.3) is 0 Å². The van der Waals surface area contributed by atoms with E-state index in [9.17, 15) is 0 Å². The summed E-state index contributed by atoms with van der Waals surface area (Å²) in [6.45, 7) is 11.3. The van der Waals surface area contributed by atoms with Gasteiger partial charge in [0.15, 0.2) is 0 Å². The molecular formula is C16H22N4. The minimum Gasteiger partial charge on any atom is -0.370 e. The second-order valence-corrected chi connectivity index (χ2v) is 5.99. The molecule has 0 aromatic carbocycles. The van der Waals surface area contributed by atoms with Crippen LogP contribution in [0.15, 0.2) is 24.5 Å². The zero-order valence-corrected chi connectivity index (χ0v) is 12.9. The maximum absolute atomic E-state index is 4.71. The quantitative estimate of drug-likeness (QED) is 0.926. The number of nitrogens with zero attached hydrogens (tertiary/aromatic N) is 3. The molecule has 2 aromatic heterocycles. The molecule has 0 fully saturated rings. The molecule has 0 aliphatic heterocycles. The topological polar surface area (TPSA) is 50.7 Å². The summed E-state index contributed by atoms with van der Waals surface area (Å²) < 4.78 is 0. The first-order valence-electron chi connectivity index (χ1n) is 6.95. The molecule has 0 bridgehead atoms. The molecule has 1 N–H and O–H groups in total. The van der Waals surface area contributed by atoms with Gasteiger partial charge in [-0.05, 0) is 25.5 Å². The number of hydrogen-bond donors (Lipinski definition) is 1. The number of anilines is 1. The van der Waals surface area contributed by atoms with Crippen LogP contribution in [0.5, 0.6) is 0 Å². The van der Waals surface area contributed by atoms with Gasteiger partial charge in [0, 0.05) is 36.0 Å². The minimum atomic E-state index is -0.0859. The van der Waals surface area contributed by atoms with Gasteiger partial charge in [-0.2, -0.15) is 0 Å². The number of hydrogen-bond acceptors (Lipinski definition) is 4. The second-order valence-electron chi connectivity index (χ2n) is 5.99. The van der Waals surface area contributed by atoms with Gasteiger partial charge in [0.2, 0.25) is 0 Å². The van der Waals surface area contributed by atoms with E-state index in [2.05, 4.69) is 49.0 Å². The standard InChI is InChI=1S/C16H22N4/c1-6-18-14-8-13(12-7-11(2)9-17-10-12)19-15(20-14)16(3,4)5/h7-10H,6H2,1-5H3,(H,18,19,20). The van der Waals surface area contributed by atoms with Crippen LogP contribution in [-0.4, -0.2) is 21.5 Å². The highest BCUT2D eigenvalue weighted by Crippen LogP contribution is 2.25. The molecule has 0 aliphatic rings. The SMILES string of the molecule is CCNc1cc(-c2cncc(C)c2)nc(C(C)(C)C)n1. The summed E-state index contributed by atoms with van der Waals surface area (Å²) >= 11 is 0. The third-order valence-corrected chi connectivity index (χ3v) is 2.93. The van der Waals surface area contributed by atoms with E-state index >= 15 is 0 Å². The number of pyridine rings is 1. The fourth-order valence-corrected chi connectivity index (χ4v) is 1.90. The molecule has 0 amide bonds. The van der Waals surface area contributed by atoms with Gasteiger partial charge in [-0.3, -0.25) is 4.98 Å². The maximum Gasteiger partial charge on any atom is 0.136 e. The lowest BCUT2D eigenvalue weighted by atomic mass is 9.95. The molecule has 0 atom stereocenters. The Balaban J connectivity index is 2.54. The van der Waals surface area contributed by atoms with Gasteiger partial charge in [-0.1, -0.05) is 20.8 Å². The Hall–Kier alpha value is -1.97. The van der Waals surface area contributed by atoms with Gasteiger partial charge >= 0.3 is 0 Å². The number of aryl methyl sites for hydroxylation is 1. The van der Waals surface area contributed by atoms with Crippen molar-refractivity contribution < 1.29 is 0 Å². The van der Waals surface area contributed by atoms with Crippen molar-refractivity contribution in [2.45, 2.75) is 40.0 Å². The van der Waals surface area contributed by atoms with E-state index in [1.54, 1.807) is 0 Å². The molecule has 0 saturated heterocycles. The van der Waals surface area contributed by atoms with Crippen LogP contribution in [0.2, 0.25) is 0 Å². The van der Waals surface area contributed by atoms with E-state index in [0.717, 1.165) is 35.0 Å². The zero-order chi connectivity index (χ0) is 14.8. The number of aromatic nitrogens is 3. The highest BCUT2D eigenvalue weighted by molar-refractivity contribution is 5.62. The lowest BCUT2D eigenvalue weighted by Crippen LogP contribution is -2.17. The van der Waals surface area contributed by atoms with Crippen molar-refractivity contribution in [1.29, 1.82) is 0 Å². The summed E-state index contributed by atoms with van der Waals surface area (Å²) in [6, 6.07) is 4.08. The molecule has 0 radical (unpaired) electrons. The molecule has 4 nitrogen and oxygen atoms in total. The largest absolute Gasteiger partial charge is 0.370 e. The average Bonchev–Trinajstić information content (AvgIpc) is 2.38. The third kappa shape index (κ3) is 3.32. The van der Waals surface area contributed by atoms with Crippen molar-refractivity contribution in [3.05, 3.63) is 35.9 Å². The lowest BCUT2D eigenvalue weighted by Gasteiger charge is -2.19. The molecule has 0 spiro atoms. The van der Waals surface area contributed by atoms with Crippen molar-refractivity contribution in [3.63, 3.8) is 0 Å². The number of rotatable bonds is 3. The number of nitrogens with one attached hydrogen (secondary N) is 1. The summed E-state index contributed by atoms with van der Waals surface area (Å²) in [4.78, 5) is 13.6. The van der Waals surface area contributed by atoms with Crippen LogP contribution < -0.4 is 5.32 Å². The summed E-state index contributed by atoms with van der Waals surface area (Å²) in [5.41, 5.74) is 2.98. The minimum absolute atomic E-state index is 0.0859. The van der Waals surface area contributed by atoms with Crippen molar-refractivity contribution >= 4 is 5.82 Å². The molecule has 2 heterocycles. The van der Waals surface area contributed by atoms with Gasteiger partial charge < -0.3 is 5.32 Å². The lowest BCUT2D eigenvalue weighted by molar-refractivity contribution is 0.546. The van der Waals surface area contributed by atoms with E-state index in [1.807, 2.05) is 25.4 Å². The fourth-order valence-electron chi connectivity index (χ4n) is 1.90. The van der Waals surface area contributed by atoms with E-state index in [-0.39, 0.29) is 5.41 Å². The van der Waals surface area contributed by atoms with Crippen LogP contribution in [-0.2, 0) is 5.41 Å². The summed E-state index contributed by atoms with van der Waals surface area (Å²) in [5.74, 6) is 1.70. The monoisotopic (exact) mass is 270 g/mol. The highest BCUT2D eigenvalue weighted by Gasteiger charge is 2.19. The van der Waals surface area contributed by atoms with Crippen molar-refractivity contribution in [2.24, 2.45) is 0 Å². The molecule has 0 unspecified atom stereocenters. The molecule has 20 heavy (non-hydrogen) atoms. The Morgan fingerprint density at radius 2 is 1.85 bits per heavy atom. The van der Waals surface area contributed by atoms with Crippen LogP contribution in [0.1, 0.15) is 39.1 Å². The second kappa shape index (κ2) is 5.57. The van der Waals surface area contributed by atoms with Crippen molar-refractivity contribution in [1.82, 2.24) is 15.0 Å². The average molecular weight is 270 g/mol. The van der Waals surface area contributed by atoms with E-state index in [0.29, 0.717) is 0 Å². The van der Waals surface area contributed by atoms with E-state index in [4.69, 9.17) is 4.98 Å². The van der Waals surface area contributed by atoms with Gasteiger partial charge in [0.1, 0.15) is 11.6 Å². The Morgan fingerprint density at radius 3 is 2.45 bits per heavy atom. The molecule has 4 heteroatoms. The predicted molar refractivity (Wildman–Crippen MR) is 82.9 cm³/mol. The summed E-state index contributed by atoms with van der Waals surface area (Å²) in [7, 11) is 0.